The normalized spacial score (nSPS) is 12.9. The van der Waals surface area contributed by atoms with Crippen molar-refractivity contribution >= 4 is 11.8 Å². The Bertz CT molecular complexity index is 617. The molecule has 25 heavy (non-hydrogen) atoms. The fraction of sp³-hybridized carbons (Fsp3) is 0.263. The topological polar surface area (TPSA) is 110 Å². The van der Waals surface area contributed by atoms with Crippen molar-refractivity contribution < 1.29 is 9.59 Å². The number of nitrogens with one attached hydrogen (secondary N) is 2. The smallest absolute Gasteiger partial charge is 0.241 e. The van der Waals surface area contributed by atoms with E-state index in [4.69, 9.17) is 11.5 Å². The molecule has 6 nitrogen and oxygen atoms in total. The lowest BCUT2D eigenvalue weighted by atomic mass is 10.1. The van der Waals surface area contributed by atoms with E-state index >= 15 is 0 Å². The third-order valence-electron chi connectivity index (χ3n) is 3.83. The minimum absolute atomic E-state index is 0.237. The lowest BCUT2D eigenvalue weighted by molar-refractivity contribution is -0.122. The second-order valence-corrected chi connectivity index (χ2v) is 5.71. The van der Waals surface area contributed by atoms with Crippen molar-refractivity contribution in [2.45, 2.75) is 18.5 Å². The number of carbonyl (C=O) groups is 2. The molecule has 2 aromatic rings. The standard InChI is InChI=1S/C19H24N4O2/c20-16(14-8-3-1-4-9-14)18(24)22-12-7-13-23-19(25)17(21)15-10-5-2-6-11-15/h1-6,8-11,16-17H,7,12-13,20-21H2,(H,22,24)(H,23,25)/t16-,17-/m0/s1. The number of amides is 2. The number of hydrogen-bond acceptors (Lipinski definition) is 4. The summed E-state index contributed by atoms with van der Waals surface area (Å²) < 4.78 is 0. The molecular weight excluding hydrogens is 316 g/mol. The van der Waals surface area contributed by atoms with Crippen molar-refractivity contribution in [2.24, 2.45) is 11.5 Å². The van der Waals surface area contributed by atoms with E-state index in [0.29, 0.717) is 19.5 Å². The molecule has 6 heteroatoms. The van der Waals surface area contributed by atoms with Crippen molar-refractivity contribution in [2.75, 3.05) is 13.1 Å². The van der Waals surface area contributed by atoms with E-state index in [1.54, 1.807) is 0 Å². The lowest BCUT2D eigenvalue weighted by Gasteiger charge is -2.14. The molecule has 0 bridgehead atoms. The van der Waals surface area contributed by atoms with Crippen LogP contribution in [0.1, 0.15) is 29.6 Å². The Balaban J connectivity index is 1.66. The Morgan fingerprint density at radius 2 is 1.08 bits per heavy atom. The summed E-state index contributed by atoms with van der Waals surface area (Å²) in [4.78, 5) is 24.0. The van der Waals surface area contributed by atoms with Crippen molar-refractivity contribution in [3.8, 4) is 0 Å². The van der Waals surface area contributed by atoms with Crippen LogP contribution in [0.15, 0.2) is 60.7 Å². The summed E-state index contributed by atoms with van der Waals surface area (Å²) >= 11 is 0. The molecule has 6 N–H and O–H groups in total. The Kier molecular flexibility index (Phi) is 7.13. The SMILES string of the molecule is N[C@H](C(=O)NCCCNC(=O)[C@@H](N)c1ccccc1)c1ccccc1. The highest BCUT2D eigenvalue weighted by molar-refractivity contribution is 5.83. The molecule has 2 atom stereocenters. The van der Waals surface area contributed by atoms with Crippen LogP contribution >= 0.6 is 0 Å². The van der Waals surface area contributed by atoms with Crippen molar-refractivity contribution in [3.63, 3.8) is 0 Å². The molecule has 0 heterocycles. The maximum absolute atomic E-state index is 12.0. The van der Waals surface area contributed by atoms with Crippen LogP contribution in [0, 0.1) is 0 Å². The first kappa shape index (κ1) is 18.6. The van der Waals surface area contributed by atoms with Crippen molar-refractivity contribution in [1.82, 2.24) is 10.6 Å². The quantitative estimate of drug-likeness (QED) is 0.538. The molecule has 0 aliphatic carbocycles. The molecule has 0 saturated heterocycles. The molecule has 0 radical (unpaired) electrons. The number of carbonyl (C=O) groups excluding carboxylic acids is 2. The first-order chi connectivity index (χ1) is 12.1. The average molecular weight is 340 g/mol. The molecule has 0 aliphatic heterocycles. The zero-order valence-corrected chi connectivity index (χ0v) is 14.0. The minimum Gasteiger partial charge on any atom is -0.354 e. The zero-order chi connectivity index (χ0) is 18.1. The minimum atomic E-state index is -0.692. The summed E-state index contributed by atoms with van der Waals surface area (Å²) in [5, 5.41) is 5.54. The van der Waals surface area contributed by atoms with E-state index in [1.165, 1.54) is 0 Å². The fourth-order valence-electron chi connectivity index (χ4n) is 2.35. The van der Waals surface area contributed by atoms with E-state index in [9.17, 15) is 9.59 Å². The molecule has 0 spiro atoms. The Morgan fingerprint density at radius 1 is 0.720 bits per heavy atom. The van der Waals surface area contributed by atoms with Gasteiger partial charge in [-0.25, -0.2) is 0 Å². The van der Waals surface area contributed by atoms with Gasteiger partial charge in [-0.15, -0.1) is 0 Å². The number of benzene rings is 2. The Hall–Kier alpha value is -2.70. The van der Waals surface area contributed by atoms with Gasteiger partial charge in [0.15, 0.2) is 0 Å². The highest BCUT2D eigenvalue weighted by Gasteiger charge is 2.16. The first-order valence-corrected chi connectivity index (χ1v) is 8.26. The third kappa shape index (κ3) is 5.70. The maximum Gasteiger partial charge on any atom is 0.241 e. The molecule has 2 amide bonds. The van der Waals surface area contributed by atoms with Gasteiger partial charge in [-0.2, -0.15) is 0 Å². The van der Waals surface area contributed by atoms with E-state index < -0.39 is 12.1 Å². The second-order valence-electron chi connectivity index (χ2n) is 5.71. The molecule has 0 aromatic heterocycles. The van der Waals surface area contributed by atoms with Gasteiger partial charge in [0.25, 0.3) is 0 Å². The maximum atomic E-state index is 12.0. The van der Waals surface area contributed by atoms with Crippen LogP contribution in [-0.2, 0) is 9.59 Å². The van der Waals surface area contributed by atoms with Gasteiger partial charge in [-0.3, -0.25) is 9.59 Å². The summed E-state index contributed by atoms with van der Waals surface area (Å²) in [5.74, 6) is -0.475. The van der Waals surface area contributed by atoms with Gasteiger partial charge in [0, 0.05) is 13.1 Å². The molecule has 2 rings (SSSR count). The predicted octanol–water partition coefficient (Wildman–Crippen LogP) is 1.01. The van der Waals surface area contributed by atoms with Crippen LogP contribution in [0.25, 0.3) is 0 Å². The molecule has 132 valence electrons. The van der Waals surface area contributed by atoms with Crippen molar-refractivity contribution in [3.05, 3.63) is 71.8 Å². The fourth-order valence-corrected chi connectivity index (χ4v) is 2.35. The predicted molar refractivity (Wildman–Crippen MR) is 97.4 cm³/mol. The molecule has 2 aromatic carbocycles. The third-order valence-corrected chi connectivity index (χ3v) is 3.83. The van der Waals surface area contributed by atoms with E-state index in [0.717, 1.165) is 11.1 Å². The van der Waals surface area contributed by atoms with Gasteiger partial charge in [-0.05, 0) is 17.5 Å². The number of hydrogen-bond donors (Lipinski definition) is 4. The van der Waals surface area contributed by atoms with Gasteiger partial charge in [0.2, 0.25) is 11.8 Å². The van der Waals surface area contributed by atoms with Gasteiger partial charge in [0.1, 0.15) is 12.1 Å². The zero-order valence-electron chi connectivity index (χ0n) is 14.0. The summed E-state index contributed by atoms with van der Waals surface area (Å²) in [5.41, 5.74) is 13.3. The largest absolute Gasteiger partial charge is 0.354 e. The molecular formula is C19H24N4O2. The van der Waals surface area contributed by atoms with Gasteiger partial charge >= 0.3 is 0 Å². The van der Waals surface area contributed by atoms with E-state index in [1.807, 2.05) is 60.7 Å². The Morgan fingerprint density at radius 3 is 1.44 bits per heavy atom. The van der Waals surface area contributed by atoms with E-state index in [-0.39, 0.29) is 11.8 Å². The first-order valence-electron chi connectivity index (χ1n) is 8.26. The highest BCUT2D eigenvalue weighted by atomic mass is 16.2. The highest BCUT2D eigenvalue weighted by Crippen LogP contribution is 2.10. The van der Waals surface area contributed by atoms with Gasteiger partial charge < -0.3 is 22.1 Å². The summed E-state index contributed by atoms with van der Waals surface area (Å²) in [6.45, 7) is 0.862. The van der Waals surface area contributed by atoms with Gasteiger partial charge in [-0.1, -0.05) is 60.7 Å². The summed E-state index contributed by atoms with van der Waals surface area (Å²) in [6, 6.07) is 17.0. The lowest BCUT2D eigenvalue weighted by Crippen LogP contribution is -2.37. The van der Waals surface area contributed by atoms with Gasteiger partial charge in [0.05, 0.1) is 0 Å². The van der Waals surface area contributed by atoms with Crippen LogP contribution in [0.2, 0.25) is 0 Å². The Labute approximate surface area is 147 Å². The van der Waals surface area contributed by atoms with Crippen LogP contribution in [0.4, 0.5) is 0 Å². The molecule has 0 saturated carbocycles. The molecule has 0 unspecified atom stereocenters. The second kappa shape index (κ2) is 9.56. The van der Waals surface area contributed by atoms with Crippen LogP contribution in [0.3, 0.4) is 0 Å². The number of nitrogens with two attached hydrogens (primary N) is 2. The molecule has 0 aliphatic rings. The van der Waals surface area contributed by atoms with Crippen LogP contribution in [0.5, 0.6) is 0 Å². The van der Waals surface area contributed by atoms with E-state index in [2.05, 4.69) is 10.6 Å². The van der Waals surface area contributed by atoms with Crippen molar-refractivity contribution in [1.29, 1.82) is 0 Å². The van der Waals surface area contributed by atoms with Crippen LogP contribution < -0.4 is 22.1 Å². The average Bonchev–Trinajstić information content (AvgIpc) is 2.67. The monoisotopic (exact) mass is 340 g/mol. The molecule has 0 fully saturated rings. The number of rotatable bonds is 8. The summed E-state index contributed by atoms with van der Waals surface area (Å²) in [7, 11) is 0. The summed E-state index contributed by atoms with van der Waals surface area (Å²) in [6.07, 6.45) is 0.598. The van der Waals surface area contributed by atoms with Crippen LogP contribution in [-0.4, -0.2) is 24.9 Å².